The van der Waals surface area contributed by atoms with Crippen molar-refractivity contribution in [3.05, 3.63) is 11.8 Å². The number of hydrogen-bond donors (Lipinski definition) is 2. The van der Waals surface area contributed by atoms with Crippen molar-refractivity contribution in [1.82, 2.24) is 15.4 Å². The zero-order chi connectivity index (χ0) is 17.0. The minimum Gasteiger partial charge on any atom is -0.376 e. The summed E-state index contributed by atoms with van der Waals surface area (Å²) in [4.78, 5) is 14.3. The minimum atomic E-state index is -0.243. The Hall–Kier alpha value is -1.60. The summed E-state index contributed by atoms with van der Waals surface area (Å²) in [6.07, 6.45) is 4.94. The Balaban J connectivity index is 1.41. The van der Waals surface area contributed by atoms with Gasteiger partial charge in [0.15, 0.2) is 5.82 Å². The molecule has 0 spiro atoms. The van der Waals surface area contributed by atoms with Crippen LogP contribution in [0.5, 0.6) is 0 Å². The SMILES string of the molecule is CC1CN(CCNC(=O)Nc2cc(C3(C)CCCC3)on2)CCO1. The van der Waals surface area contributed by atoms with E-state index in [0.29, 0.717) is 12.4 Å². The third kappa shape index (κ3) is 4.27. The maximum atomic E-state index is 12.0. The molecule has 1 saturated heterocycles. The summed E-state index contributed by atoms with van der Waals surface area (Å²) in [7, 11) is 0. The molecule has 1 aromatic rings. The number of hydrogen-bond acceptors (Lipinski definition) is 5. The van der Waals surface area contributed by atoms with E-state index >= 15 is 0 Å². The van der Waals surface area contributed by atoms with Gasteiger partial charge in [0, 0.05) is 37.7 Å². The number of rotatable bonds is 5. The third-order valence-corrected chi connectivity index (χ3v) is 5.09. The van der Waals surface area contributed by atoms with Crippen LogP contribution in [0.25, 0.3) is 0 Å². The lowest BCUT2D eigenvalue weighted by Gasteiger charge is -2.30. The van der Waals surface area contributed by atoms with Gasteiger partial charge in [0.1, 0.15) is 5.76 Å². The molecule has 2 amide bonds. The highest BCUT2D eigenvalue weighted by Gasteiger charge is 2.34. The van der Waals surface area contributed by atoms with Crippen LogP contribution in [0, 0.1) is 0 Å². The van der Waals surface area contributed by atoms with Gasteiger partial charge in [-0.25, -0.2) is 4.79 Å². The molecule has 1 atom stereocenters. The Labute approximate surface area is 143 Å². The number of anilines is 1. The molecule has 2 N–H and O–H groups in total. The summed E-state index contributed by atoms with van der Waals surface area (Å²) in [6.45, 7) is 8.28. The number of carbonyl (C=O) groups is 1. The van der Waals surface area contributed by atoms with Crippen LogP contribution < -0.4 is 10.6 Å². The second kappa shape index (κ2) is 7.53. The van der Waals surface area contributed by atoms with E-state index in [1.807, 2.05) is 6.07 Å². The van der Waals surface area contributed by atoms with Gasteiger partial charge >= 0.3 is 6.03 Å². The molecule has 1 aliphatic heterocycles. The lowest BCUT2D eigenvalue weighted by atomic mass is 9.86. The molecular weight excluding hydrogens is 308 g/mol. The van der Waals surface area contributed by atoms with Gasteiger partial charge < -0.3 is 14.6 Å². The first-order valence-corrected chi connectivity index (χ1v) is 8.91. The Kier molecular flexibility index (Phi) is 5.40. The Morgan fingerprint density at radius 1 is 1.46 bits per heavy atom. The molecule has 3 rings (SSSR count). The highest BCUT2D eigenvalue weighted by atomic mass is 16.5. The van der Waals surface area contributed by atoms with Gasteiger partial charge in [0.2, 0.25) is 0 Å². The van der Waals surface area contributed by atoms with E-state index in [9.17, 15) is 4.79 Å². The van der Waals surface area contributed by atoms with Crippen LogP contribution in [0.3, 0.4) is 0 Å². The van der Waals surface area contributed by atoms with Crippen LogP contribution in [0.1, 0.15) is 45.3 Å². The molecule has 2 aliphatic rings. The number of aromatic nitrogens is 1. The second-order valence-electron chi connectivity index (χ2n) is 7.21. The quantitative estimate of drug-likeness (QED) is 0.863. The maximum Gasteiger partial charge on any atom is 0.320 e. The van der Waals surface area contributed by atoms with Crippen molar-refractivity contribution in [2.45, 2.75) is 51.0 Å². The zero-order valence-corrected chi connectivity index (χ0v) is 14.6. The first-order valence-electron chi connectivity index (χ1n) is 8.91. The first-order chi connectivity index (χ1) is 11.5. The average Bonchev–Trinajstić information content (AvgIpc) is 3.17. The summed E-state index contributed by atoms with van der Waals surface area (Å²) < 4.78 is 11.0. The highest BCUT2D eigenvalue weighted by molar-refractivity contribution is 5.88. The second-order valence-corrected chi connectivity index (χ2v) is 7.21. The van der Waals surface area contributed by atoms with Crippen molar-refractivity contribution in [2.75, 3.05) is 38.1 Å². The van der Waals surface area contributed by atoms with E-state index in [2.05, 4.69) is 34.5 Å². The lowest BCUT2D eigenvalue weighted by Crippen LogP contribution is -2.45. The number of nitrogens with zero attached hydrogens (tertiary/aromatic N) is 2. The van der Waals surface area contributed by atoms with Crippen LogP contribution in [-0.2, 0) is 10.2 Å². The van der Waals surface area contributed by atoms with Crippen LogP contribution in [-0.4, -0.2) is 55.0 Å². The largest absolute Gasteiger partial charge is 0.376 e. The molecule has 7 nitrogen and oxygen atoms in total. The molecule has 7 heteroatoms. The summed E-state index contributed by atoms with van der Waals surface area (Å²) in [6, 6.07) is 1.61. The molecular formula is C17H28N4O3. The van der Waals surface area contributed by atoms with Gasteiger partial charge in [0.05, 0.1) is 12.7 Å². The first kappa shape index (κ1) is 17.2. The normalized spacial score (nSPS) is 24.0. The fraction of sp³-hybridized carbons (Fsp3) is 0.765. The number of carbonyl (C=O) groups excluding carboxylic acids is 1. The fourth-order valence-corrected chi connectivity index (χ4v) is 3.60. The number of nitrogens with one attached hydrogen (secondary N) is 2. The third-order valence-electron chi connectivity index (χ3n) is 5.09. The smallest absolute Gasteiger partial charge is 0.320 e. The van der Waals surface area contributed by atoms with Crippen LogP contribution in [0.4, 0.5) is 10.6 Å². The predicted molar refractivity (Wildman–Crippen MR) is 91.2 cm³/mol. The fourth-order valence-electron chi connectivity index (χ4n) is 3.60. The molecule has 0 bridgehead atoms. The Bertz CT molecular complexity index is 554. The summed E-state index contributed by atoms with van der Waals surface area (Å²) in [5.41, 5.74) is 0.0659. The average molecular weight is 336 g/mol. The van der Waals surface area contributed by atoms with Gasteiger partial charge in [0.25, 0.3) is 0 Å². The van der Waals surface area contributed by atoms with Crippen LogP contribution in [0.15, 0.2) is 10.6 Å². The summed E-state index contributed by atoms with van der Waals surface area (Å²) >= 11 is 0. The Morgan fingerprint density at radius 2 is 2.25 bits per heavy atom. The molecule has 0 aromatic carbocycles. The van der Waals surface area contributed by atoms with E-state index < -0.39 is 0 Å². The number of ether oxygens (including phenoxy) is 1. The molecule has 0 radical (unpaired) electrons. The number of amides is 2. The standard InChI is InChI=1S/C17H28N4O3/c1-13-12-21(9-10-23-13)8-7-18-16(22)19-15-11-14(24-20-15)17(2)5-3-4-6-17/h11,13H,3-10,12H2,1-2H3,(H2,18,19,20,22). The van der Waals surface area contributed by atoms with E-state index in [-0.39, 0.29) is 17.6 Å². The van der Waals surface area contributed by atoms with Crippen molar-refractivity contribution >= 4 is 11.8 Å². The van der Waals surface area contributed by atoms with Crippen molar-refractivity contribution < 1.29 is 14.1 Å². The number of morpholine rings is 1. The Morgan fingerprint density at radius 3 is 3.00 bits per heavy atom. The van der Waals surface area contributed by atoms with E-state index in [4.69, 9.17) is 9.26 Å². The summed E-state index contributed by atoms with van der Waals surface area (Å²) in [5, 5.41) is 9.60. The molecule has 1 unspecified atom stereocenters. The van der Waals surface area contributed by atoms with Crippen molar-refractivity contribution in [1.29, 1.82) is 0 Å². The van der Waals surface area contributed by atoms with Gasteiger partial charge in [-0.3, -0.25) is 10.2 Å². The van der Waals surface area contributed by atoms with Gasteiger partial charge in [-0.15, -0.1) is 0 Å². The molecule has 2 fully saturated rings. The van der Waals surface area contributed by atoms with Crippen LogP contribution in [0.2, 0.25) is 0 Å². The van der Waals surface area contributed by atoms with Crippen molar-refractivity contribution in [3.8, 4) is 0 Å². The van der Waals surface area contributed by atoms with E-state index in [1.165, 1.54) is 12.8 Å². The molecule has 2 heterocycles. The summed E-state index contributed by atoms with van der Waals surface area (Å²) in [5.74, 6) is 1.35. The highest BCUT2D eigenvalue weighted by Crippen LogP contribution is 2.41. The topological polar surface area (TPSA) is 79.6 Å². The van der Waals surface area contributed by atoms with Crippen molar-refractivity contribution in [3.63, 3.8) is 0 Å². The van der Waals surface area contributed by atoms with E-state index in [1.54, 1.807) is 0 Å². The molecule has 1 aromatic heterocycles. The molecule has 24 heavy (non-hydrogen) atoms. The van der Waals surface area contributed by atoms with Crippen LogP contribution >= 0.6 is 0 Å². The molecule has 1 saturated carbocycles. The van der Waals surface area contributed by atoms with Crippen molar-refractivity contribution in [2.24, 2.45) is 0 Å². The lowest BCUT2D eigenvalue weighted by molar-refractivity contribution is -0.0174. The minimum absolute atomic E-state index is 0.0659. The zero-order valence-electron chi connectivity index (χ0n) is 14.6. The monoisotopic (exact) mass is 336 g/mol. The predicted octanol–water partition coefficient (Wildman–Crippen LogP) is 2.35. The van der Waals surface area contributed by atoms with Gasteiger partial charge in [-0.2, -0.15) is 0 Å². The maximum absolute atomic E-state index is 12.0. The molecule has 134 valence electrons. The van der Waals surface area contributed by atoms with Gasteiger partial charge in [-0.1, -0.05) is 24.9 Å². The number of urea groups is 1. The molecule has 1 aliphatic carbocycles. The van der Waals surface area contributed by atoms with Gasteiger partial charge in [-0.05, 0) is 19.8 Å². The van der Waals surface area contributed by atoms with E-state index in [0.717, 1.165) is 44.8 Å².